The maximum atomic E-state index is 12.9. The summed E-state index contributed by atoms with van der Waals surface area (Å²) in [7, 11) is -2.35. The molecule has 0 spiro atoms. The molecule has 1 heterocycles. The lowest BCUT2D eigenvalue weighted by molar-refractivity contribution is 0.582. The van der Waals surface area contributed by atoms with Crippen molar-refractivity contribution < 1.29 is 16.2 Å². The third kappa shape index (κ3) is 4.85. The van der Waals surface area contributed by atoms with Gasteiger partial charge in [0, 0.05) is 35.1 Å². The second-order valence-corrected chi connectivity index (χ2v) is 11.4. The van der Waals surface area contributed by atoms with E-state index in [1.807, 2.05) is 44.2 Å². The molecule has 0 radical (unpaired) electrons. The van der Waals surface area contributed by atoms with Crippen LogP contribution in [0.4, 0.5) is 23.2 Å². The van der Waals surface area contributed by atoms with Crippen LogP contribution in [-0.2, 0) is 4.57 Å². The summed E-state index contributed by atoms with van der Waals surface area (Å²) >= 11 is -5.23. The normalized spacial score (nSPS) is 12.6. The summed E-state index contributed by atoms with van der Waals surface area (Å²) in [6.45, 7) is 3.87. The van der Waals surface area contributed by atoms with E-state index in [0.717, 1.165) is 28.6 Å². The van der Waals surface area contributed by atoms with Gasteiger partial charge in [0.15, 0.2) is 0 Å². The molecule has 0 saturated carbocycles. The molecule has 0 amide bonds. The van der Waals surface area contributed by atoms with Crippen molar-refractivity contribution in [2.45, 2.75) is 18.7 Å². The van der Waals surface area contributed by atoms with E-state index in [-0.39, 0.29) is 0 Å². The van der Waals surface area contributed by atoms with Crippen molar-refractivity contribution in [3.63, 3.8) is 0 Å². The van der Waals surface area contributed by atoms with Crippen LogP contribution in [0.3, 0.4) is 0 Å². The fourth-order valence-corrected chi connectivity index (χ4v) is 5.38. The van der Waals surface area contributed by atoms with Crippen molar-refractivity contribution in [1.29, 1.82) is 0 Å². The van der Waals surface area contributed by atoms with Crippen LogP contribution in [0.5, 0.6) is 0 Å². The molecule has 0 saturated heterocycles. The van der Waals surface area contributed by atoms with Crippen LogP contribution in [0.25, 0.3) is 11.1 Å². The first-order valence-corrected chi connectivity index (χ1v) is 12.6. The van der Waals surface area contributed by atoms with E-state index < -0.39 is 23.2 Å². The topological polar surface area (TPSA) is 42.0 Å². The van der Waals surface area contributed by atoms with Gasteiger partial charge in [0.1, 0.15) is 13.0 Å². The second kappa shape index (κ2) is 8.64. The van der Waals surface area contributed by atoms with Gasteiger partial charge in [-0.2, -0.15) is 0 Å². The van der Waals surface area contributed by atoms with Crippen LogP contribution >= 0.6 is 18.3 Å². The van der Waals surface area contributed by atoms with Crippen molar-refractivity contribution in [2.75, 3.05) is 17.6 Å². The minimum Gasteiger partial charge on any atom is -0.340 e. The first-order chi connectivity index (χ1) is 13.8. The van der Waals surface area contributed by atoms with Gasteiger partial charge in [0.25, 0.3) is 0 Å². The average Bonchev–Trinajstić information content (AvgIpc) is 2.73. The molecule has 0 unspecified atom stereocenters. The lowest BCUT2D eigenvalue weighted by Gasteiger charge is -2.16. The Labute approximate surface area is 171 Å². The number of benzene rings is 2. The van der Waals surface area contributed by atoms with Crippen LogP contribution < -0.4 is 10.6 Å². The molecule has 2 aromatic carbocycles. The van der Waals surface area contributed by atoms with Gasteiger partial charge in [0.2, 0.25) is 11.2 Å². The van der Waals surface area contributed by atoms with E-state index in [2.05, 4.69) is 10.3 Å². The summed E-state index contributed by atoms with van der Waals surface area (Å²) in [6.07, 6.45) is 2.87. The summed E-state index contributed by atoms with van der Waals surface area (Å²) in [5, 5.41) is 3.95. The average molecular weight is 438 g/mol. The number of pyridine rings is 1. The minimum atomic E-state index is -5.23. The summed E-state index contributed by atoms with van der Waals surface area (Å²) in [5.41, 5.74) is 2.22. The molecule has 3 nitrogen and oxygen atoms in total. The summed E-state index contributed by atoms with van der Waals surface area (Å²) in [4.78, 5) is 3.73. The molecule has 1 aromatic heterocycles. The van der Waals surface area contributed by atoms with E-state index in [1.165, 1.54) is 12.1 Å². The maximum Gasteiger partial charge on any atom is 0.237 e. The Morgan fingerprint density at radius 3 is 2.10 bits per heavy atom. The number of halogens is 3. The molecule has 0 aliphatic heterocycles. The summed E-state index contributed by atoms with van der Waals surface area (Å²) in [6, 6.07) is 16.2. The molecule has 3 rings (SSSR count). The number of nitrogens with one attached hydrogen (secondary N) is 1. The zero-order valence-corrected chi connectivity index (χ0v) is 17.8. The molecule has 8 heteroatoms. The molecule has 154 valence electrons. The van der Waals surface area contributed by atoms with Gasteiger partial charge >= 0.3 is 0 Å². The molecule has 0 aliphatic rings. The first-order valence-electron chi connectivity index (χ1n) is 9.20. The first kappa shape index (κ1) is 21.5. The summed E-state index contributed by atoms with van der Waals surface area (Å²) < 4.78 is 51.4. The quantitative estimate of drug-likeness (QED) is 0.393. The molecule has 1 N–H and O–H groups in total. The van der Waals surface area contributed by atoms with E-state index in [0.29, 0.717) is 23.8 Å². The number of rotatable bonds is 7. The van der Waals surface area contributed by atoms with Gasteiger partial charge in [-0.3, -0.25) is 0 Å². The highest BCUT2D eigenvalue weighted by Crippen LogP contribution is 2.60. The van der Waals surface area contributed by atoms with E-state index in [9.17, 15) is 16.2 Å². The van der Waals surface area contributed by atoms with E-state index >= 15 is 0 Å². The molecule has 0 bridgehead atoms. The van der Waals surface area contributed by atoms with Gasteiger partial charge in [-0.05, 0) is 42.0 Å². The second-order valence-electron chi connectivity index (χ2n) is 6.52. The fraction of sp³-hybridized carbons (Fsp3) is 0.190. The predicted molar refractivity (Wildman–Crippen MR) is 117 cm³/mol. The molecular weight excluding hydrogens is 416 g/mol. The molecule has 29 heavy (non-hydrogen) atoms. The third-order valence-corrected chi connectivity index (χ3v) is 8.95. The fourth-order valence-electron chi connectivity index (χ4n) is 3.07. The van der Waals surface area contributed by atoms with Gasteiger partial charge in [0.05, 0.1) is 4.90 Å². The minimum absolute atomic E-state index is 0.524. The lowest BCUT2D eigenvalue weighted by Crippen LogP contribution is -2.08. The Kier molecular flexibility index (Phi) is 6.39. The van der Waals surface area contributed by atoms with Crippen molar-refractivity contribution in [3.05, 3.63) is 66.9 Å². The monoisotopic (exact) mass is 438 g/mol. The van der Waals surface area contributed by atoms with Crippen molar-refractivity contribution in [2.24, 2.45) is 0 Å². The van der Waals surface area contributed by atoms with Gasteiger partial charge < -0.3 is 9.88 Å². The van der Waals surface area contributed by atoms with Crippen LogP contribution in [0, 0.1) is 0 Å². The smallest absolute Gasteiger partial charge is 0.237 e. The van der Waals surface area contributed by atoms with E-state index in [1.54, 1.807) is 12.3 Å². The van der Waals surface area contributed by atoms with Gasteiger partial charge in [-0.25, -0.2) is 4.98 Å². The Morgan fingerprint density at radius 2 is 1.55 bits per heavy atom. The highest BCUT2D eigenvalue weighted by Gasteiger charge is 2.24. The number of hydrogen-bond donors (Lipinski definition) is 1. The van der Waals surface area contributed by atoms with Gasteiger partial charge in [-0.15, -0.1) is 11.7 Å². The number of anilines is 2. The van der Waals surface area contributed by atoms with Crippen molar-refractivity contribution in [1.82, 2.24) is 4.98 Å². The third-order valence-electron chi connectivity index (χ3n) is 4.86. The Morgan fingerprint density at radius 1 is 0.931 bits per heavy atom. The Hall–Kier alpha value is -2.24. The summed E-state index contributed by atoms with van der Waals surface area (Å²) in [5.74, 6) is 0.543. The molecule has 0 aliphatic carbocycles. The number of hydrogen-bond acceptors (Lipinski definition) is 3. The van der Waals surface area contributed by atoms with Crippen LogP contribution in [0.2, 0.25) is 0 Å². The molecule has 0 fully saturated rings. The van der Waals surface area contributed by atoms with E-state index in [4.69, 9.17) is 0 Å². The number of nitrogens with zero attached hydrogens (tertiary/aromatic N) is 1. The van der Waals surface area contributed by atoms with Crippen LogP contribution in [-0.4, -0.2) is 17.3 Å². The zero-order chi connectivity index (χ0) is 21.1. The predicted octanol–water partition coefficient (Wildman–Crippen LogP) is 7.34. The Balaban J connectivity index is 1.89. The van der Waals surface area contributed by atoms with Gasteiger partial charge in [-0.1, -0.05) is 38.1 Å². The largest absolute Gasteiger partial charge is 0.340 e. The van der Waals surface area contributed by atoms with Crippen molar-refractivity contribution in [3.8, 4) is 11.1 Å². The maximum absolute atomic E-state index is 12.9. The molecular formula is C21H22F3N2OPS. The number of aromatic nitrogens is 1. The zero-order valence-electron chi connectivity index (χ0n) is 16.1. The van der Waals surface area contributed by atoms with Crippen molar-refractivity contribution >= 4 is 35.1 Å². The molecule has 0 atom stereocenters. The Bertz CT molecular complexity index is 1010. The van der Waals surface area contributed by atoms with Crippen LogP contribution in [0.15, 0.2) is 71.8 Å². The lowest BCUT2D eigenvalue weighted by atomic mass is 10.1. The highest BCUT2D eigenvalue weighted by atomic mass is 32.3. The standard InChI is InChI=1S/C21H22F3N2OPS/c1-3-28(27,4-2)18-11-7-16(8-12-18)20-6-5-15-25-21(20)26-17-9-13-19(14-10-17)29(22,23)24/h5-15H,3-4H2,1-2H3,(H,25,26). The van der Waals surface area contributed by atoms with Crippen LogP contribution in [0.1, 0.15) is 13.8 Å². The highest BCUT2D eigenvalue weighted by molar-refractivity contribution is 8.20. The SMILES string of the molecule is CCP(=O)(CC)c1ccc(-c2cccnc2Nc2ccc(S(F)(F)F)cc2)cc1. The molecule has 3 aromatic rings.